The Hall–Kier alpha value is -1.43. The van der Waals surface area contributed by atoms with E-state index in [9.17, 15) is 13.2 Å². The lowest BCUT2D eigenvalue weighted by Gasteiger charge is -2.00. The summed E-state index contributed by atoms with van der Waals surface area (Å²) < 4.78 is 22.1. The van der Waals surface area contributed by atoms with Gasteiger partial charge in [-0.1, -0.05) is 6.07 Å². The molecule has 5 nitrogen and oxygen atoms in total. The Bertz CT molecular complexity index is 451. The highest BCUT2D eigenvalue weighted by molar-refractivity contribution is 7.90. The van der Waals surface area contributed by atoms with Crippen molar-refractivity contribution in [3.05, 3.63) is 30.3 Å². The number of carbonyl (C=O) groups excluding carboxylic acids is 1. The Kier molecular flexibility index (Phi) is 3.41. The number of pyridine rings is 1. The first kappa shape index (κ1) is 11.6. The van der Waals surface area contributed by atoms with Crippen LogP contribution in [0.3, 0.4) is 0 Å². The van der Waals surface area contributed by atoms with Crippen LogP contribution in [0.1, 0.15) is 12.0 Å². The highest BCUT2D eigenvalue weighted by Gasteiger charge is 2.08. The van der Waals surface area contributed by atoms with Gasteiger partial charge in [0.25, 0.3) is 0 Å². The number of aromatic nitrogens is 1. The first-order chi connectivity index (χ1) is 6.89. The van der Waals surface area contributed by atoms with Crippen molar-refractivity contribution in [2.24, 2.45) is 5.73 Å². The topological polar surface area (TPSA) is 90.1 Å². The molecule has 0 unspecified atom stereocenters. The summed E-state index contributed by atoms with van der Waals surface area (Å²) in [6.07, 6.45) is 4.17. The molecule has 0 saturated heterocycles. The second-order valence-corrected chi connectivity index (χ2v) is 5.04. The summed E-state index contributed by atoms with van der Waals surface area (Å²) in [6.45, 7) is 0. The van der Waals surface area contributed by atoms with Gasteiger partial charge in [-0.05, 0) is 11.6 Å². The standard InChI is InChI=1S/C9H11N2O3S/c1-15(13,14)9-5-3-7(6-11-9)2-4-8(10)12/h2-3,5-6H,4H2,1H3,(H2,10,12). The van der Waals surface area contributed by atoms with Gasteiger partial charge in [-0.15, -0.1) is 0 Å². The van der Waals surface area contributed by atoms with Crippen LogP contribution in [0.25, 0.3) is 0 Å². The summed E-state index contributed by atoms with van der Waals surface area (Å²) in [6, 6.07) is 2.97. The fraction of sp³-hybridized carbons (Fsp3) is 0.222. The Morgan fingerprint density at radius 2 is 2.20 bits per heavy atom. The monoisotopic (exact) mass is 227 g/mol. The number of sulfone groups is 1. The van der Waals surface area contributed by atoms with Crippen LogP contribution in [0.2, 0.25) is 0 Å². The second kappa shape index (κ2) is 4.39. The summed E-state index contributed by atoms with van der Waals surface area (Å²) in [5, 5.41) is 0.0127. The SMILES string of the molecule is CS(=O)(=O)c1ccc([CH]CC(N)=O)cn1. The van der Waals surface area contributed by atoms with Crippen LogP contribution in [0.4, 0.5) is 0 Å². The van der Waals surface area contributed by atoms with Crippen LogP contribution >= 0.6 is 0 Å². The molecule has 1 heterocycles. The molecule has 81 valence electrons. The largest absolute Gasteiger partial charge is 0.370 e. The average Bonchev–Trinajstić information content (AvgIpc) is 2.14. The Morgan fingerprint density at radius 1 is 1.53 bits per heavy atom. The van der Waals surface area contributed by atoms with Crippen LogP contribution in [0.15, 0.2) is 23.4 Å². The van der Waals surface area contributed by atoms with Crippen molar-refractivity contribution >= 4 is 15.7 Å². The maximum Gasteiger partial charge on any atom is 0.218 e. The van der Waals surface area contributed by atoms with Crippen molar-refractivity contribution in [2.75, 3.05) is 6.26 Å². The smallest absolute Gasteiger partial charge is 0.218 e. The highest BCUT2D eigenvalue weighted by Crippen LogP contribution is 2.08. The van der Waals surface area contributed by atoms with Crippen molar-refractivity contribution in [1.29, 1.82) is 0 Å². The molecule has 1 amide bonds. The van der Waals surface area contributed by atoms with Crippen molar-refractivity contribution < 1.29 is 13.2 Å². The maximum atomic E-state index is 11.1. The van der Waals surface area contributed by atoms with E-state index in [1.54, 1.807) is 12.5 Å². The van der Waals surface area contributed by atoms with Gasteiger partial charge in [-0.3, -0.25) is 4.79 Å². The molecular weight excluding hydrogens is 216 g/mol. The lowest BCUT2D eigenvalue weighted by Crippen LogP contribution is -2.10. The number of rotatable bonds is 4. The van der Waals surface area contributed by atoms with Gasteiger partial charge in [-0.2, -0.15) is 0 Å². The van der Waals surface area contributed by atoms with E-state index in [1.807, 2.05) is 0 Å². The number of nitrogens with zero attached hydrogens (tertiary/aromatic N) is 1. The average molecular weight is 227 g/mol. The summed E-state index contributed by atoms with van der Waals surface area (Å²) in [7, 11) is -3.27. The third-order valence-electron chi connectivity index (χ3n) is 1.68. The first-order valence-electron chi connectivity index (χ1n) is 4.17. The molecule has 0 saturated carbocycles. The number of nitrogens with two attached hydrogens (primary N) is 1. The molecule has 1 radical (unpaired) electrons. The van der Waals surface area contributed by atoms with Crippen molar-refractivity contribution in [1.82, 2.24) is 4.98 Å². The van der Waals surface area contributed by atoms with E-state index in [4.69, 9.17) is 5.73 Å². The number of hydrogen-bond donors (Lipinski definition) is 1. The number of carbonyl (C=O) groups is 1. The summed E-state index contributed by atoms with van der Waals surface area (Å²) in [4.78, 5) is 14.2. The normalized spacial score (nSPS) is 11.3. The van der Waals surface area contributed by atoms with Crippen LogP contribution in [-0.2, 0) is 14.6 Å². The Labute approximate surface area is 88.2 Å². The van der Waals surface area contributed by atoms with Crippen molar-refractivity contribution in [3.8, 4) is 0 Å². The van der Waals surface area contributed by atoms with E-state index in [-0.39, 0.29) is 11.4 Å². The van der Waals surface area contributed by atoms with Gasteiger partial charge in [0.05, 0.1) is 0 Å². The third-order valence-corrected chi connectivity index (χ3v) is 2.68. The third kappa shape index (κ3) is 3.67. The lowest BCUT2D eigenvalue weighted by atomic mass is 10.1. The minimum absolute atomic E-state index is 0.0127. The molecule has 6 heteroatoms. The first-order valence-corrected chi connectivity index (χ1v) is 6.06. The molecule has 0 aromatic carbocycles. The molecule has 0 spiro atoms. The summed E-state index contributed by atoms with van der Waals surface area (Å²) >= 11 is 0. The zero-order valence-corrected chi connectivity index (χ0v) is 8.99. The van der Waals surface area contributed by atoms with E-state index in [0.29, 0.717) is 5.56 Å². The zero-order valence-electron chi connectivity index (χ0n) is 8.17. The van der Waals surface area contributed by atoms with Gasteiger partial charge in [0, 0.05) is 25.3 Å². The molecule has 0 aliphatic rings. The van der Waals surface area contributed by atoms with Gasteiger partial charge in [0.15, 0.2) is 14.9 Å². The van der Waals surface area contributed by atoms with Gasteiger partial charge in [0.2, 0.25) is 5.91 Å². The molecule has 15 heavy (non-hydrogen) atoms. The minimum Gasteiger partial charge on any atom is -0.370 e. The number of primary amides is 1. The van der Waals surface area contributed by atoms with E-state index in [2.05, 4.69) is 4.98 Å². The van der Waals surface area contributed by atoms with Gasteiger partial charge in [0.1, 0.15) is 0 Å². The Balaban J connectivity index is 2.77. The summed E-state index contributed by atoms with van der Waals surface area (Å²) in [5.41, 5.74) is 5.62. The fourth-order valence-corrected chi connectivity index (χ4v) is 1.51. The van der Waals surface area contributed by atoms with Gasteiger partial charge < -0.3 is 5.73 Å². The van der Waals surface area contributed by atoms with Crippen LogP contribution < -0.4 is 5.73 Å². The summed E-state index contributed by atoms with van der Waals surface area (Å²) in [5.74, 6) is -0.442. The molecular formula is C9H11N2O3S. The number of amides is 1. The predicted molar refractivity (Wildman–Crippen MR) is 54.6 cm³/mol. The highest BCUT2D eigenvalue weighted by atomic mass is 32.2. The molecule has 0 fully saturated rings. The molecule has 0 atom stereocenters. The second-order valence-electron chi connectivity index (χ2n) is 3.08. The van der Waals surface area contributed by atoms with Gasteiger partial charge >= 0.3 is 0 Å². The molecule has 0 bridgehead atoms. The number of hydrogen-bond acceptors (Lipinski definition) is 4. The van der Waals surface area contributed by atoms with Gasteiger partial charge in [-0.25, -0.2) is 13.4 Å². The van der Waals surface area contributed by atoms with E-state index in [1.165, 1.54) is 12.3 Å². The molecule has 1 rings (SSSR count). The van der Waals surface area contributed by atoms with Crippen LogP contribution in [-0.4, -0.2) is 25.6 Å². The Morgan fingerprint density at radius 3 is 2.60 bits per heavy atom. The zero-order chi connectivity index (χ0) is 11.5. The predicted octanol–water partition coefficient (Wildman–Crippen LogP) is -0.0871. The van der Waals surface area contributed by atoms with Crippen molar-refractivity contribution in [2.45, 2.75) is 11.4 Å². The lowest BCUT2D eigenvalue weighted by molar-refractivity contribution is -0.117. The molecule has 0 aliphatic carbocycles. The van der Waals surface area contributed by atoms with E-state index < -0.39 is 15.7 Å². The maximum absolute atomic E-state index is 11.1. The fourth-order valence-electron chi connectivity index (χ4n) is 0.950. The quantitative estimate of drug-likeness (QED) is 0.778. The van der Waals surface area contributed by atoms with Crippen LogP contribution in [0, 0.1) is 6.42 Å². The van der Waals surface area contributed by atoms with E-state index >= 15 is 0 Å². The molecule has 1 aromatic heterocycles. The minimum atomic E-state index is -3.27. The van der Waals surface area contributed by atoms with E-state index in [0.717, 1.165) is 6.26 Å². The van der Waals surface area contributed by atoms with Crippen molar-refractivity contribution in [3.63, 3.8) is 0 Å². The molecule has 0 aliphatic heterocycles. The molecule has 2 N–H and O–H groups in total. The van der Waals surface area contributed by atoms with Crippen LogP contribution in [0.5, 0.6) is 0 Å². The molecule has 1 aromatic rings.